The van der Waals surface area contributed by atoms with E-state index in [0.29, 0.717) is 6.42 Å². The lowest BCUT2D eigenvalue weighted by Gasteiger charge is -2.09. The molecule has 0 aliphatic heterocycles. The lowest BCUT2D eigenvalue weighted by atomic mass is 10.1. The summed E-state index contributed by atoms with van der Waals surface area (Å²) in [7, 11) is 0. The largest absolute Gasteiger partial charge is 0.330 e. The highest BCUT2D eigenvalue weighted by Gasteiger charge is 2.12. The minimum absolute atomic E-state index is 0.147. The van der Waals surface area contributed by atoms with E-state index in [1.165, 1.54) is 16.9 Å². The van der Waals surface area contributed by atoms with Crippen molar-refractivity contribution in [3.05, 3.63) is 53.7 Å². The predicted octanol–water partition coefficient (Wildman–Crippen LogP) is 4.52. The van der Waals surface area contributed by atoms with Crippen LogP contribution in [0.4, 0.5) is 10.8 Å². The number of aromatic amines is 1. The maximum Gasteiger partial charge on any atom is 0.210 e. The Balaban J connectivity index is 1.61. The van der Waals surface area contributed by atoms with Gasteiger partial charge in [0.15, 0.2) is 0 Å². The average Bonchev–Trinajstić information content (AvgIpc) is 3.30. The van der Waals surface area contributed by atoms with Crippen molar-refractivity contribution >= 4 is 38.8 Å². The van der Waals surface area contributed by atoms with Crippen LogP contribution in [0.5, 0.6) is 0 Å². The number of ketones is 1. The molecule has 27 heavy (non-hydrogen) atoms. The maximum atomic E-state index is 11.4. The summed E-state index contributed by atoms with van der Waals surface area (Å²) in [5.74, 6) is 0.147. The molecule has 0 fully saturated rings. The van der Waals surface area contributed by atoms with Gasteiger partial charge in [-0.05, 0) is 42.7 Å². The summed E-state index contributed by atoms with van der Waals surface area (Å²) in [6.07, 6.45) is 3.17. The predicted molar refractivity (Wildman–Crippen MR) is 108 cm³/mol. The fourth-order valence-corrected chi connectivity index (χ4v) is 3.93. The molecule has 2 aromatic heterocycles. The zero-order chi connectivity index (χ0) is 18.8. The van der Waals surface area contributed by atoms with Crippen LogP contribution in [-0.2, 0) is 17.6 Å². The molecule has 6 nitrogen and oxygen atoms in total. The second kappa shape index (κ2) is 7.28. The van der Waals surface area contributed by atoms with E-state index in [1.807, 2.05) is 42.6 Å². The molecule has 0 radical (unpaired) electrons. The second-order valence-corrected chi connectivity index (χ2v) is 7.37. The minimum Gasteiger partial charge on any atom is -0.330 e. The Labute approximate surface area is 160 Å². The van der Waals surface area contributed by atoms with Gasteiger partial charge in [0.2, 0.25) is 5.13 Å². The molecule has 136 valence electrons. The van der Waals surface area contributed by atoms with Crippen molar-refractivity contribution in [3.63, 3.8) is 0 Å². The Hall–Kier alpha value is -3.06. The number of rotatable bonds is 6. The molecular weight excluding hydrogens is 358 g/mol. The van der Waals surface area contributed by atoms with Crippen molar-refractivity contribution in [2.75, 3.05) is 5.32 Å². The molecule has 2 heterocycles. The number of benzene rings is 2. The molecular formula is C20H19N5OS. The van der Waals surface area contributed by atoms with E-state index < -0.39 is 0 Å². The van der Waals surface area contributed by atoms with E-state index in [2.05, 4.69) is 32.6 Å². The molecule has 0 spiro atoms. The van der Waals surface area contributed by atoms with Gasteiger partial charge in [0.05, 0.1) is 11.7 Å². The maximum absolute atomic E-state index is 11.4. The molecule has 2 N–H and O–H groups in total. The van der Waals surface area contributed by atoms with Crippen LogP contribution in [0.3, 0.4) is 0 Å². The van der Waals surface area contributed by atoms with Crippen LogP contribution in [0, 0.1) is 0 Å². The second-order valence-electron chi connectivity index (χ2n) is 6.39. The van der Waals surface area contributed by atoms with E-state index in [1.54, 1.807) is 6.92 Å². The number of nitrogens with one attached hydrogen (secondary N) is 2. The number of aryl methyl sites for hydroxylation is 1. The number of carbonyl (C=O) groups is 1. The Morgan fingerprint density at radius 2 is 2.11 bits per heavy atom. The number of aromatic nitrogens is 4. The third kappa shape index (κ3) is 3.59. The Morgan fingerprint density at radius 3 is 2.93 bits per heavy atom. The number of nitrogens with zero attached hydrogens (tertiary/aromatic N) is 3. The van der Waals surface area contributed by atoms with Gasteiger partial charge in [-0.15, -0.1) is 10.2 Å². The van der Waals surface area contributed by atoms with Crippen molar-refractivity contribution in [1.82, 2.24) is 20.4 Å². The van der Waals surface area contributed by atoms with E-state index in [0.717, 1.165) is 44.3 Å². The van der Waals surface area contributed by atoms with Crippen LogP contribution in [0.1, 0.15) is 25.0 Å². The lowest BCUT2D eigenvalue weighted by molar-refractivity contribution is -0.116. The first-order chi connectivity index (χ1) is 13.1. The lowest BCUT2D eigenvalue weighted by Crippen LogP contribution is -1.95. The fraction of sp³-hybridized carbons (Fsp3) is 0.200. The molecule has 2 aromatic carbocycles. The van der Waals surface area contributed by atoms with Crippen molar-refractivity contribution < 1.29 is 4.79 Å². The third-order valence-corrected chi connectivity index (χ3v) is 5.27. The highest BCUT2D eigenvalue weighted by molar-refractivity contribution is 7.18. The summed E-state index contributed by atoms with van der Waals surface area (Å²) in [5.41, 5.74) is 5.20. The number of anilines is 2. The van der Waals surface area contributed by atoms with Crippen molar-refractivity contribution in [3.8, 4) is 10.6 Å². The summed E-state index contributed by atoms with van der Waals surface area (Å²) in [6.45, 7) is 3.72. The van der Waals surface area contributed by atoms with Crippen molar-refractivity contribution in [2.24, 2.45) is 0 Å². The van der Waals surface area contributed by atoms with Gasteiger partial charge in [-0.2, -0.15) is 5.10 Å². The monoisotopic (exact) mass is 377 g/mol. The molecule has 0 saturated heterocycles. The molecule has 0 aliphatic carbocycles. The standard InChI is InChI=1S/C20H19N5OS/c1-3-15-16-11-21-23-18(16)8-7-17(15)22-20-25-24-19(27-20)14-6-4-5-13(10-14)9-12(2)26/h4-8,10-11H,3,9H2,1-2H3,(H,21,23)(H,22,25). The van der Waals surface area contributed by atoms with Gasteiger partial charge in [-0.1, -0.05) is 36.5 Å². The Morgan fingerprint density at radius 1 is 1.22 bits per heavy atom. The molecule has 4 aromatic rings. The van der Waals surface area contributed by atoms with Gasteiger partial charge in [0.1, 0.15) is 10.8 Å². The fourth-order valence-electron chi connectivity index (χ4n) is 3.18. The van der Waals surface area contributed by atoms with E-state index >= 15 is 0 Å². The number of H-pyrrole nitrogens is 1. The summed E-state index contributed by atoms with van der Waals surface area (Å²) in [5, 5.41) is 21.8. The summed E-state index contributed by atoms with van der Waals surface area (Å²) in [6, 6.07) is 11.9. The molecule has 7 heteroatoms. The first-order valence-corrected chi connectivity index (χ1v) is 9.60. The van der Waals surface area contributed by atoms with Crippen LogP contribution < -0.4 is 5.32 Å². The SMILES string of the molecule is CCc1c(Nc2nnc(-c3cccc(CC(C)=O)c3)s2)ccc2[nH]ncc12. The molecule has 0 unspecified atom stereocenters. The zero-order valence-electron chi connectivity index (χ0n) is 15.1. The normalized spacial score (nSPS) is 11.0. The van der Waals surface area contributed by atoms with Gasteiger partial charge in [0, 0.05) is 23.1 Å². The quantitative estimate of drug-likeness (QED) is 0.516. The average molecular weight is 377 g/mol. The first-order valence-electron chi connectivity index (χ1n) is 8.78. The smallest absolute Gasteiger partial charge is 0.210 e. The first kappa shape index (κ1) is 17.4. The van der Waals surface area contributed by atoms with Crippen LogP contribution in [-0.4, -0.2) is 26.2 Å². The highest BCUT2D eigenvalue weighted by atomic mass is 32.1. The van der Waals surface area contributed by atoms with E-state index in [9.17, 15) is 4.79 Å². The van der Waals surface area contributed by atoms with Crippen molar-refractivity contribution in [2.45, 2.75) is 26.7 Å². The number of hydrogen-bond acceptors (Lipinski definition) is 6. The summed E-state index contributed by atoms with van der Waals surface area (Å²) >= 11 is 1.49. The van der Waals surface area contributed by atoms with Gasteiger partial charge in [-0.3, -0.25) is 9.89 Å². The molecule has 0 amide bonds. The number of Topliss-reactive ketones (excluding diaryl/α,β-unsaturated/α-hetero) is 1. The summed E-state index contributed by atoms with van der Waals surface area (Å²) < 4.78 is 0. The Bertz CT molecular complexity index is 1110. The highest BCUT2D eigenvalue weighted by Crippen LogP contribution is 2.32. The number of fused-ring (bicyclic) bond motifs is 1. The van der Waals surface area contributed by atoms with Gasteiger partial charge in [-0.25, -0.2) is 0 Å². The summed E-state index contributed by atoms with van der Waals surface area (Å²) in [4.78, 5) is 11.4. The van der Waals surface area contributed by atoms with E-state index in [4.69, 9.17) is 0 Å². The van der Waals surface area contributed by atoms with E-state index in [-0.39, 0.29) is 5.78 Å². The van der Waals surface area contributed by atoms with Gasteiger partial charge < -0.3 is 5.32 Å². The van der Waals surface area contributed by atoms with Crippen LogP contribution in [0.25, 0.3) is 21.5 Å². The van der Waals surface area contributed by atoms with Crippen LogP contribution >= 0.6 is 11.3 Å². The third-order valence-electron chi connectivity index (χ3n) is 4.38. The zero-order valence-corrected chi connectivity index (χ0v) is 15.9. The van der Waals surface area contributed by atoms with Crippen LogP contribution in [0.2, 0.25) is 0 Å². The van der Waals surface area contributed by atoms with Gasteiger partial charge in [0.25, 0.3) is 0 Å². The topological polar surface area (TPSA) is 83.6 Å². The van der Waals surface area contributed by atoms with Crippen LogP contribution in [0.15, 0.2) is 42.6 Å². The van der Waals surface area contributed by atoms with Crippen molar-refractivity contribution in [1.29, 1.82) is 0 Å². The number of hydrogen-bond donors (Lipinski definition) is 2. The minimum atomic E-state index is 0.147. The Kier molecular flexibility index (Phi) is 4.68. The molecule has 0 bridgehead atoms. The molecule has 4 rings (SSSR count). The molecule has 0 aliphatic rings. The number of carbonyl (C=O) groups excluding carboxylic acids is 1. The van der Waals surface area contributed by atoms with Gasteiger partial charge >= 0.3 is 0 Å². The molecule has 0 saturated carbocycles. The molecule has 0 atom stereocenters.